The van der Waals surface area contributed by atoms with E-state index < -0.39 is 0 Å². The molecular weight excluding hydrogens is 301 g/mol. The Kier molecular flexibility index (Phi) is 4.00. The van der Waals surface area contributed by atoms with Gasteiger partial charge in [-0.05, 0) is 37.3 Å². The smallest absolute Gasteiger partial charge is 0.171 e. The Bertz CT molecular complexity index is 813. The van der Waals surface area contributed by atoms with Gasteiger partial charge in [-0.2, -0.15) is 0 Å². The van der Waals surface area contributed by atoms with E-state index in [-0.39, 0.29) is 5.82 Å². The number of nitrogens with one attached hydrogen (secondary N) is 1. The molecule has 2 heterocycles. The van der Waals surface area contributed by atoms with Crippen molar-refractivity contribution in [3.63, 3.8) is 0 Å². The van der Waals surface area contributed by atoms with Crippen molar-refractivity contribution in [2.45, 2.75) is 23.3 Å². The van der Waals surface area contributed by atoms with Gasteiger partial charge < -0.3 is 11.1 Å². The monoisotopic (exact) mass is 317 g/mol. The van der Waals surface area contributed by atoms with E-state index >= 15 is 0 Å². The molecule has 0 aliphatic heterocycles. The van der Waals surface area contributed by atoms with E-state index in [2.05, 4.69) is 15.4 Å². The van der Waals surface area contributed by atoms with Gasteiger partial charge in [0.25, 0.3) is 0 Å². The Labute approximate surface area is 131 Å². The lowest BCUT2D eigenvalue weighted by atomic mass is 10.3. The molecule has 3 aromatic rings. The highest BCUT2D eigenvalue weighted by Gasteiger charge is 2.16. The molecule has 0 aliphatic rings. The fourth-order valence-corrected chi connectivity index (χ4v) is 3.16. The van der Waals surface area contributed by atoms with Crippen LogP contribution in [-0.2, 0) is 6.54 Å². The number of halogens is 1. The van der Waals surface area contributed by atoms with Crippen LogP contribution in [0.25, 0.3) is 5.65 Å². The van der Waals surface area contributed by atoms with Crippen LogP contribution >= 0.6 is 11.8 Å². The van der Waals surface area contributed by atoms with Gasteiger partial charge in [-0.1, -0.05) is 11.8 Å². The second-order valence-electron chi connectivity index (χ2n) is 4.81. The van der Waals surface area contributed by atoms with Crippen molar-refractivity contribution in [1.29, 1.82) is 0 Å². The second-order valence-corrected chi connectivity index (χ2v) is 5.90. The first kappa shape index (κ1) is 14.8. The molecule has 0 saturated carbocycles. The molecule has 5 nitrogen and oxygen atoms in total. The minimum atomic E-state index is -0.252. The number of rotatable bonds is 4. The number of aryl methyl sites for hydroxylation is 1. The zero-order chi connectivity index (χ0) is 15.7. The topological polar surface area (TPSA) is 68.2 Å². The summed E-state index contributed by atoms with van der Waals surface area (Å²) < 4.78 is 14.8. The summed E-state index contributed by atoms with van der Waals surface area (Å²) in [6.45, 7) is 2.34. The maximum atomic E-state index is 13.1. The second kappa shape index (κ2) is 5.94. The van der Waals surface area contributed by atoms with Gasteiger partial charge in [-0.3, -0.25) is 0 Å². The maximum Gasteiger partial charge on any atom is 0.171 e. The summed E-state index contributed by atoms with van der Waals surface area (Å²) in [5.41, 5.74) is 8.24. The summed E-state index contributed by atoms with van der Waals surface area (Å²) in [6, 6.07) is 8.28. The maximum absolute atomic E-state index is 13.1. The average molecular weight is 317 g/mol. The first-order valence-corrected chi connectivity index (χ1v) is 7.64. The fraction of sp³-hybridized carbons (Fsp3) is 0.200. The van der Waals surface area contributed by atoms with E-state index in [1.54, 1.807) is 16.6 Å². The van der Waals surface area contributed by atoms with Crippen LogP contribution in [-0.4, -0.2) is 21.6 Å². The number of hydrogen-bond donors (Lipinski definition) is 2. The van der Waals surface area contributed by atoms with Crippen LogP contribution in [0.1, 0.15) is 11.4 Å². The number of hydrogen-bond acceptors (Lipinski definition) is 5. The molecule has 3 N–H and O–H groups in total. The lowest BCUT2D eigenvalue weighted by Crippen LogP contribution is -2.04. The van der Waals surface area contributed by atoms with Crippen LogP contribution in [0.3, 0.4) is 0 Å². The Hall–Kier alpha value is -2.12. The van der Waals surface area contributed by atoms with Crippen molar-refractivity contribution >= 4 is 23.2 Å². The van der Waals surface area contributed by atoms with Gasteiger partial charge in [0.2, 0.25) is 0 Å². The van der Waals surface area contributed by atoms with Crippen LogP contribution in [0.2, 0.25) is 0 Å². The number of benzene rings is 1. The van der Waals surface area contributed by atoms with Gasteiger partial charge in [0.1, 0.15) is 10.7 Å². The van der Waals surface area contributed by atoms with E-state index in [1.807, 2.05) is 20.0 Å². The van der Waals surface area contributed by atoms with Crippen LogP contribution < -0.4 is 11.1 Å². The Morgan fingerprint density at radius 2 is 2.05 bits per heavy atom. The largest absolute Gasteiger partial charge is 0.371 e. The number of nitrogens with zero attached hydrogens (tertiary/aromatic N) is 3. The molecule has 0 fully saturated rings. The lowest BCUT2D eigenvalue weighted by molar-refractivity contribution is 0.626. The Balaban J connectivity index is 2.13. The summed E-state index contributed by atoms with van der Waals surface area (Å²) >= 11 is 1.50. The van der Waals surface area contributed by atoms with E-state index in [0.717, 1.165) is 32.6 Å². The van der Waals surface area contributed by atoms with Crippen molar-refractivity contribution in [3.05, 3.63) is 47.5 Å². The predicted molar refractivity (Wildman–Crippen MR) is 85.7 cm³/mol. The van der Waals surface area contributed by atoms with Crippen LogP contribution in [0, 0.1) is 12.7 Å². The van der Waals surface area contributed by atoms with E-state index in [1.165, 1.54) is 23.9 Å². The predicted octanol–water partition coefficient (Wildman–Crippen LogP) is 2.83. The normalized spacial score (nSPS) is 11.1. The van der Waals surface area contributed by atoms with Crippen molar-refractivity contribution < 1.29 is 4.39 Å². The zero-order valence-electron chi connectivity index (χ0n) is 12.3. The van der Waals surface area contributed by atoms with Crippen molar-refractivity contribution in [1.82, 2.24) is 14.6 Å². The molecule has 22 heavy (non-hydrogen) atoms. The molecule has 0 aliphatic carbocycles. The standard InChI is InChI=1S/C15H16FN5S/c1-9-7-11(8-17)19-15-13(14(18-2)20-21(9)15)22-12-5-3-10(16)4-6-12/h3-7H,8,17H2,1-2H3,(H,18,20). The molecule has 114 valence electrons. The number of nitrogens with two attached hydrogens (primary N) is 1. The van der Waals surface area contributed by atoms with Crippen molar-refractivity contribution in [2.75, 3.05) is 12.4 Å². The molecule has 0 saturated heterocycles. The molecule has 0 unspecified atom stereocenters. The molecule has 0 spiro atoms. The molecule has 3 rings (SSSR count). The first-order chi connectivity index (χ1) is 10.6. The van der Waals surface area contributed by atoms with E-state index in [4.69, 9.17) is 5.73 Å². The number of fused-ring (bicyclic) bond motifs is 1. The lowest BCUT2D eigenvalue weighted by Gasteiger charge is -2.04. The minimum Gasteiger partial charge on any atom is -0.371 e. The average Bonchev–Trinajstić information content (AvgIpc) is 2.88. The Morgan fingerprint density at radius 1 is 1.32 bits per heavy atom. The molecular formula is C15H16FN5S. The van der Waals surface area contributed by atoms with Gasteiger partial charge in [0, 0.05) is 24.2 Å². The minimum absolute atomic E-state index is 0.252. The molecule has 0 bridgehead atoms. The Morgan fingerprint density at radius 3 is 2.68 bits per heavy atom. The summed E-state index contributed by atoms with van der Waals surface area (Å²) in [5, 5.41) is 7.61. The third-order valence-electron chi connectivity index (χ3n) is 3.26. The van der Waals surface area contributed by atoms with Gasteiger partial charge in [-0.25, -0.2) is 13.9 Å². The molecule has 0 amide bonds. The van der Waals surface area contributed by atoms with Crippen LogP contribution in [0.15, 0.2) is 40.1 Å². The first-order valence-electron chi connectivity index (χ1n) is 6.83. The highest BCUT2D eigenvalue weighted by atomic mass is 32.2. The summed E-state index contributed by atoms with van der Waals surface area (Å²) in [4.78, 5) is 6.39. The molecule has 0 atom stereocenters. The van der Waals surface area contributed by atoms with Gasteiger partial charge >= 0.3 is 0 Å². The van der Waals surface area contributed by atoms with Gasteiger partial charge in [-0.15, -0.1) is 5.10 Å². The molecule has 0 radical (unpaired) electrons. The van der Waals surface area contributed by atoms with Gasteiger partial charge in [0.05, 0.1) is 5.69 Å². The quantitative estimate of drug-likeness (QED) is 0.774. The SMILES string of the molecule is CNc1nn2c(C)cc(CN)nc2c1Sc1ccc(F)cc1. The molecule has 2 aromatic heterocycles. The van der Waals surface area contributed by atoms with Gasteiger partial charge in [0.15, 0.2) is 11.5 Å². The highest BCUT2D eigenvalue weighted by molar-refractivity contribution is 7.99. The van der Waals surface area contributed by atoms with Crippen LogP contribution in [0.5, 0.6) is 0 Å². The summed E-state index contributed by atoms with van der Waals surface area (Å²) in [7, 11) is 1.82. The third kappa shape index (κ3) is 2.65. The van der Waals surface area contributed by atoms with Crippen molar-refractivity contribution in [2.24, 2.45) is 5.73 Å². The third-order valence-corrected chi connectivity index (χ3v) is 4.35. The number of anilines is 1. The highest BCUT2D eigenvalue weighted by Crippen LogP contribution is 2.36. The number of aromatic nitrogens is 3. The van der Waals surface area contributed by atoms with Crippen LogP contribution in [0.4, 0.5) is 10.2 Å². The zero-order valence-corrected chi connectivity index (χ0v) is 13.1. The summed E-state index contributed by atoms with van der Waals surface area (Å²) in [5.74, 6) is 0.483. The fourth-order valence-electron chi connectivity index (χ4n) is 2.19. The summed E-state index contributed by atoms with van der Waals surface area (Å²) in [6.07, 6.45) is 0. The molecule has 7 heteroatoms. The van der Waals surface area contributed by atoms with E-state index in [0.29, 0.717) is 6.54 Å². The molecule has 1 aromatic carbocycles. The van der Waals surface area contributed by atoms with Crippen molar-refractivity contribution in [3.8, 4) is 0 Å². The van der Waals surface area contributed by atoms with E-state index in [9.17, 15) is 4.39 Å².